The predicted octanol–water partition coefficient (Wildman–Crippen LogP) is 0.639. The molecular weight excluding hydrogens is 252 g/mol. The van der Waals surface area contributed by atoms with Gasteiger partial charge in [-0.15, -0.1) is 0 Å². The molecule has 0 spiro atoms. The number of sulfonamides is 1. The molecule has 1 aromatic rings. The number of methoxy groups -OCH3 is 1. The van der Waals surface area contributed by atoms with Crippen LogP contribution in [0.3, 0.4) is 0 Å². The lowest BCUT2D eigenvalue weighted by Crippen LogP contribution is -2.28. The maximum Gasteiger partial charge on any atom is 0.240 e. The Labute approximate surface area is 109 Å². The summed E-state index contributed by atoms with van der Waals surface area (Å²) in [6.45, 7) is 3.09. The molecule has 102 valence electrons. The molecule has 0 atom stereocenters. The molecule has 6 heteroatoms. The summed E-state index contributed by atoms with van der Waals surface area (Å²) < 4.78 is 31.5. The Morgan fingerprint density at radius 1 is 1.33 bits per heavy atom. The Bertz CT molecular complexity index is 486. The van der Waals surface area contributed by atoms with E-state index in [9.17, 15) is 8.42 Å². The predicted molar refractivity (Wildman–Crippen MR) is 71.0 cm³/mol. The fourth-order valence-electron chi connectivity index (χ4n) is 1.69. The van der Waals surface area contributed by atoms with Gasteiger partial charge in [-0.2, -0.15) is 0 Å². The summed E-state index contributed by atoms with van der Waals surface area (Å²) >= 11 is 0. The standard InChI is InChI=1S/C12H20N2O3S/c1-10-11(9-13-2)5-4-6-12(10)18(15,16)14-7-8-17-3/h4-6,13-14H,7-9H2,1-3H3. The normalized spacial score (nSPS) is 11.7. The average Bonchev–Trinajstić information content (AvgIpc) is 2.32. The van der Waals surface area contributed by atoms with Gasteiger partial charge >= 0.3 is 0 Å². The maximum absolute atomic E-state index is 12.1. The van der Waals surface area contributed by atoms with E-state index < -0.39 is 10.0 Å². The van der Waals surface area contributed by atoms with Crippen LogP contribution in [0, 0.1) is 6.92 Å². The lowest BCUT2D eigenvalue weighted by Gasteiger charge is -2.12. The molecule has 0 amide bonds. The smallest absolute Gasteiger partial charge is 0.240 e. The molecule has 1 rings (SSSR count). The van der Waals surface area contributed by atoms with E-state index in [0.717, 1.165) is 11.1 Å². The van der Waals surface area contributed by atoms with E-state index in [0.29, 0.717) is 18.0 Å². The third-order valence-electron chi connectivity index (χ3n) is 2.65. The number of ether oxygens (including phenoxy) is 1. The Kier molecular flexibility index (Phi) is 5.74. The molecule has 5 nitrogen and oxygen atoms in total. The fourth-order valence-corrected chi connectivity index (χ4v) is 2.99. The van der Waals surface area contributed by atoms with Crippen molar-refractivity contribution in [1.82, 2.24) is 10.0 Å². The van der Waals surface area contributed by atoms with Crippen LogP contribution >= 0.6 is 0 Å². The number of benzene rings is 1. The molecule has 18 heavy (non-hydrogen) atoms. The molecule has 0 bridgehead atoms. The van der Waals surface area contributed by atoms with Crippen LogP contribution in [0.2, 0.25) is 0 Å². The zero-order chi connectivity index (χ0) is 13.6. The molecule has 0 aliphatic heterocycles. The minimum absolute atomic E-state index is 0.272. The molecule has 0 saturated heterocycles. The van der Waals surface area contributed by atoms with Crippen LogP contribution in [0.15, 0.2) is 23.1 Å². The van der Waals surface area contributed by atoms with Gasteiger partial charge in [-0.25, -0.2) is 13.1 Å². The number of hydrogen-bond donors (Lipinski definition) is 2. The first-order chi connectivity index (χ1) is 8.53. The second-order valence-corrected chi connectivity index (χ2v) is 5.70. The van der Waals surface area contributed by atoms with Crippen molar-refractivity contribution >= 4 is 10.0 Å². The van der Waals surface area contributed by atoms with Crippen molar-refractivity contribution in [1.29, 1.82) is 0 Å². The van der Waals surface area contributed by atoms with Crippen molar-refractivity contribution in [2.75, 3.05) is 27.3 Å². The average molecular weight is 272 g/mol. The van der Waals surface area contributed by atoms with Gasteiger partial charge in [0.15, 0.2) is 0 Å². The van der Waals surface area contributed by atoms with Gasteiger partial charge in [0.1, 0.15) is 0 Å². The molecule has 0 saturated carbocycles. The minimum atomic E-state index is -3.46. The molecule has 0 heterocycles. The van der Waals surface area contributed by atoms with Crippen molar-refractivity contribution in [3.8, 4) is 0 Å². The van der Waals surface area contributed by atoms with Gasteiger partial charge in [-0.1, -0.05) is 12.1 Å². The van der Waals surface area contributed by atoms with E-state index in [1.165, 1.54) is 7.11 Å². The lowest BCUT2D eigenvalue weighted by molar-refractivity contribution is 0.204. The topological polar surface area (TPSA) is 67.4 Å². The highest BCUT2D eigenvalue weighted by Crippen LogP contribution is 2.18. The Balaban J connectivity index is 2.98. The lowest BCUT2D eigenvalue weighted by atomic mass is 10.1. The first-order valence-electron chi connectivity index (χ1n) is 5.74. The van der Waals surface area contributed by atoms with E-state index in [-0.39, 0.29) is 6.54 Å². The van der Waals surface area contributed by atoms with Crippen molar-refractivity contribution in [2.24, 2.45) is 0 Å². The fraction of sp³-hybridized carbons (Fsp3) is 0.500. The second-order valence-electron chi connectivity index (χ2n) is 3.96. The first-order valence-corrected chi connectivity index (χ1v) is 7.23. The Morgan fingerprint density at radius 3 is 2.67 bits per heavy atom. The molecule has 2 N–H and O–H groups in total. The monoisotopic (exact) mass is 272 g/mol. The summed E-state index contributed by atoms with van der Waals surface area (Å²) in [6.07, 6.45) is 0. The van der Waals surface area contributed by atoms with Gasteiger partial charge in [0.25, 0.3) is 0 Å². The van der Waals surface area contributed by atoms with E-state index in [1.807, 2.05) is 20.0 Å². The van der Waals surface area contributed by atoms with Gasteiger partial charge in [-0.3, -0.25) is 0 Å². The molecule has 0 unspecified atom stereocenters. The van der Waals surface area contributed by atoms with Crippen LogP contribution in [0.4, 0.5) is 0 Å². The zero-order valence-electron chi connectivity index (χ0n) is 11.0. The summed E-state index contributed by atoms with van der Waals surface area (Å²) in [5, 5.41) is 3.02. The van der Waals surface area contributed by atoms with Crippen LogP contribution in [0.1, 0.15) is 11.1 Å². The number of rotatable bonds is 7. The van der Waals surface area contributed by atoms with Crippen molar-refractivity contribution in [3.05, 3.63) is 29.3 Å². The second kappa shape index (κ2) is 6.84. The maximum atomic E-state index is 12.1. The van der Waals surface area contributed by atoms with Gasteiger partial charge in [0.05, 0.1) is 11.5 Å². The van der Waals surface area contributed by atoms with Crippen LogP contribution < -0.4 is 10.0 Å². The molecule has 0 aliphatic carbocycles. The van der Waals surface area contributed by atoms with Gasteiger partial charge in [0, 0.05) is 20.2 Å². The van der Waals surface area contributed by atoms with Gasteiger partial charge in [0.2, 0.25) is 10.0 Å². The minimum Gasteiger partial charge on any atom is -0.383 e. The highest BCUT2D eigenvalue weighted by molar-refractivity contribution is 7.89. The van der Waals surface area contributed by atoms with Crippen molar-refractivity contribution < 1.29 is 13.2 Å². The third-order valence-corrected chi connectivity index (χ3v) is 4.26. The quantitative estimate of drug-likeness (QED) is 0.715. The van der Waals surface area contributed by atoms with Crippen molar-refractivity contribution in [3.63, 3.8) is 0 Å². The van der Waals surface area contributed by atoms with Gasteiger partial charge < -0.3 is 10.1 Å². The largest absolute Gasteiger partial charge is 0.383 e. The van der Waals surface area contributed by atoms with Gasteiger partial charge in [-0.05, 0) is 31.2 Å². The van der Waals surface area contributed by atoms with E-state index in [1.54, 1.807) is 12.1 Å². The first kappa shape index (κ1) is 15.1. The van der Waals surface area contributed by atoms with Crippen LogP contribution in [-0.2, 0) is 21.3 Å². The molecule has 0 fully saturated rings. The summed E-state index contributed by atoms with van der Waals surface area (Å²) in [7, 11) is -0.0962. The van der Waals surface area contributed by atoms with E-state index in [4.69, 9.17) is 4.74 Å². The summed E-state index contributed by atoms with van der Waals surface area (Å²) in [4.78, 5) is 0.325. The highest BCUT2D eigenvalue weighted by atomic mass is 32.2. The zero-order valence-corrected chi connectivity index (χ0v) is 11.8. The number of hydrogen-bond acceptors (Lipinski definition) is 4. The molecular formula is C12H20N2O3S. The molecule has 0 aromatic heterocycles. The molecule has 0 aliphatic rings. The summed E-state index contributed by atoms with van der Waals surface area (Å²) in [5.41, 5.74) is 1.75. The third kappa shape index (κ3) is 3.78. The van der Waals surface area contributed by atoms with Crippen LogP contribution in [-0.4, -0.2) is 35.7 Å². The van der Waals surface area contributed by atoms with Crippen LogP contribution in [0.25, 0.3) is 0 Å². The SMILES string of the molecule is CNCc1cccc(S(=O)(=O)NCCOC)c1C. The van der Waals surface area contributed by atoms with Crippen LogP contribution in [0.5, 0.6) is 0 Å². The highest BCUT2D eigenvalue weighted by Gasteiger charge is 2.17. The molecule has 0 radical (unpaired) electrons. The van der Waals surface area contributed by atoms with Crippen molar-refractivity contribution in [2.45, 2.75) is 18.4 Å². The van der Waals surface area contributed by atoms with E-state index >= 15 is 0 Å². The summed E-state index contributed by atoms with van der Waals surface area (Å²) in [6, 6.07) is 5.29. The summed E-state index contributed by atoms with van der Waals surface area (Å²) in [5.74, 6) is 0. The molecule has 1 aromatic carbocycles. The Morgan fingerprint density at radius 2 is 2.06 bits per heavy atom. The Hall–Kier alpha value is -0.950. The number of nitrogens with one attached hydrogen (secondary N) is 2. The van der Waals surface area contributed by atoms with E-state index in [2.05, 4.69) is 10.0 Å².